The third kappa shape index (κ3) is 6.01. The fourth-order valence-corrected chi connectivity index (χ4v) is 2.62. The molecule has 0 aliphatic carbocycles. The van der Waals surface area contributed by atoms with E-state index < -0.39 is 0 Å². The molecule has 0 unspecified atom stereocenters. The second-order valence-corrected chi connectivity index (χ2v) is 5.41. The Kier molecular flexibility index (Phi) is 8.98. The van der Waals surface area contributed by atoms with Crippen LogP contribution in [0.15, 0.2) is 29.3 Å². The summed E-state index contributed by atoms with van der Waals surface area (Å²) in [5.41, 5.74) is 2.37. The Morgan fingerprint density at radius 1 is 1.17 bits per heavy atom. The van der Waals surface area contributed by atoms with Crippen LogP contribution < -0.4 is 10.6 Å². The molecule has 0 aromatic heterocycles. The van der Waals surface area contributed by atoms with E-state index in [-0.39, 0.29) is 29.9 Å². The quantitative estimate of drug-likeness (QED) is 0.414. The number of hydrogen-bond acceptors (Lipinski definition) is 2. The summed E-state index contributed by atoms with van der Waals surface area (Å²) in [5, 5.41) is 6.46. The number of carbonyl (C=O) groups is 1. The predicted molar refractivity (Wildman–Crippen MR) is 105 cm³/mol. The van der Waals surface area contributed by atoms with Crippen LogP contribution in [0.1, 0.15) is 37.8 Å². The van der Waals surface area contributed by atoms with E-state index in [4.69, 9.17) is 0 Å². The molecule has 5 nitrogen and oxygen atoms in total. The van der Waals surface area contributed by atoms with Gasteiger partial charge in [-0.25, -0.2) is 4.99 Å². The van der Waals surface area contributed by atoms with Gasteiger partial charge in [0.25, 0.3) is 0 Å². The monoisotopic (exact) mass is 430 g/mol. The number of hydrogen-bond donors (Lipinski definition) is 2. The first-order valence-electron chi connectivity index (χ1n) is 8.11. The van der Waals surface area contributed by atoms with Crippen LogP contribution in [-0.2, 0) is 17.9 Å². The normalized spacial score (nSPS) is 13.5. The van der Waals surface area contributed by atoms with Crippen molar-refractivity contribution in [2.75, 3.05) is 19.6 Å². The first-order chi connectivity index (χ1) is 10.7. The Labute approximate surface area is 156 Å². The SMILES string of the molecule is CCNC(=NCc1ccccc1CN1CCCC1=O)NCC.I. The number of halogens is 1. The number of carbonyl (C=O) groups excluding carboxylic acids is 1. The summed E-state index contributed by atoms with van der Waals surface area (Å²) in [4.78, 5) is 18.4. The number of nitrogens with zero attached hydrogens (tertiary/aromatic N) is 2. The van der Waals surface area contributed by atoms with E-state index in [2.05, 4.69) is 41.6 Å². The first kappa shape index (κ1) is 19.7. The molecule has 1 amide bonds. The summed E-state index contributed by atoms with van der Waals surface area (Å²) in [6, 6.07) is 8.24. The molecule has 1 aliphatic heterocycles. The second-order valence-electron chi connectivity index (χ2n) is 5.41. The zero-order valence-electron chi connectivity index (χ0n) is 14.0. The first-order valence-corrected chi connectivity index (χ1v) is 8.11. The minimum Gasteiger partial charge on any atom is -0.357 e. The van der Waals surface area contributed by atoms with Crippen molar-refractivity contribution in [2.45, 2.75) is 39.8 Å². The molecule has 0 spiro atoms. The molecular weight excluding hydrogens is 403 g/mol. The molecule has 1 aliphatic rings. The molecule has 1 fully saturated rings. The van der Waals surface area contributed by atoms with Gasteiger partial charge in [0.15, 0.2) is 5.96 Å². The molecule has 0 bridgehead atoms. The average Bonchev–Trinajstić information content (AvgIpc) is 2.92. The van der Waals surface area contributed by atoms with E-state index in [9.17, 15) is 4.79 Å². The van der Waals surface area contributed by atoms with Gasteiger partial charge in [-0.1, -0.05) is 24.3 Å². The van der Waals surface area contributed by atoms with Crippen LogP contribution in [0, 0.1) is 0 Å². The number of benzene rings is 1. The minimum atomic E-state index is 0. The molecule has 1 aromatic rings. The molecule has 0 saturated carbocycles. The molecule has 2 N–H and O–H groups in total. The summed E-state index contributed by atoms with van der Waals surface area (Å²) >= 11 is 0. The van der Waals surface area contributed by atoms with Crippen LogP contribution in [-0.4, -0.2) is 36.4 Å². The smallest absolute Gasteiger partial charge is 0.222 e. The lowest BCUT2D eigenvalue weighted by atomic mass is 10.1. The van der Waals surface area contributed by atoms with E-state index in [0.29, 0.717) is 19.5 Å². The number of nitrogens with one attached hydrogen (secondary N) is 2. The molecule has 1 heterocycles. The highest BCUT2D eigenvalue weighted by Gasteiger charge is 2.20. The van der Waals surface area contributed by atoms with Crippen LogP contribution >= 0.6 is 24.0 Å². The van der Waals surface area contributed by atoms with E-state index >= 15 is 0 Å². The van der Waals surface area contributed by atoms with Gasteiger partial charge < -0.3 is 15.5 Å². The zero-order chi connectivity index (χ0) is 15.8. The van der Waals surface area contributed by atoms with Crippen molar-refractivity contribution in [1.29, 1.82) is 0 Å². The third-order valence-electron chi connectivity index (χ3n) is 3.75. The minimum absolute atomic E-state index is 0. The van der Waals surface area contributed by atoms with Crippen molar-refractivity contribution in [1.82, 2.24) is 15.5 Å². The van der Waals surface area contributed by atoms with E-state index in [1.165, 1.54) is 11.1 Å². The van der Waals surface area contributed by atoms with Gasteiger partial charge in [-0.2, -0.15) is 0 Å². The molecule has 0 atom stereocenters. The van der Waals surface area contributed by atoms with Crippen LogP contribution in [0.2, 0.25) is 0 Å². The Bertz CT molecular complexity index is 525. The molecular formula is C17H27IN4O. The van der Waals surface area contributed by atoms with Crippen molar-refractivity contribution < 1.29 is 4.79 Å². The molecule has 23 heavy (non-hydrogen) atoms. The fourth-order valence-electron chi connectivity index (χ4n) is 2.62. The summed E-state index contributed by atoms with van der Waals surface area (Å²) in [6.45, 7) is 7.98. The van der Waals surface area contributed by atoms with Gasteiger partial charge in [-0.15, -0.1) is 24.0 Å². The number of guanidine groups is 1. The van der Waals surface area contributed by atoms with Crippen LogP contribution in [0.3, 0.4) is 0 Å². The summed E-state index contributed by atoms with van der Waals surface area (Å²) < 4.78 is 0. The Morgan fingerprint density at radius 2 is 1.83 bits per heavy atom. The van der Waals surface area contributed by atoms with Gasteiger partial charge in [0.1, 0.15) is 0 Å². The number of likely N-dealkylation sites (tertiary alicyclic amines) is 1. The lowest BCUT2D eigenvalue weighted by molar-refractivity contribution is -0.128. The molecule has 128 valence electrons. The van der Waals surface area contributed by atoms with Gasteiger partial charge in [-0.05, 0) is 31.4 Å². The van der Waals surface area contributed by atoms with E-state index in [1.807, 2.05) is 17.0 Å². The molecule has 6 heteroatoms. The van der Waals surface area contributed by atoms with Crippen molar-refractivity contribution in [3.8, 4) is 0 Å². The Hall–Kier alpha value is -1.31. The average molecular weight is 430 g/mol. The van der Waals surface area contributed by atoms with Crippen LogP contribution in [0.5, 0.6) is 0 Å². The topological polar surface area (TPSA) is 56.7 Å². The second kappa shape index (κ2) is 10.5. The van der Waals surface area contributed by atoms with E-state index in [0.717, 1.165) is 32.0 Å². The highest BCUT2D eigenvalue weighted by Crippen LogP contribution is 2.17. The lowest BCUT2D eigenvalue weighted by Crippen LogP contribution is -2.37. The number of rotatable bonds is 6. The highest BCUT2D eigenvalue weighted by atomic mass is 127. The molecule has 1 saturated heterocycles. The molecule has 1 aromatic carbocycles. The van der Waals surface area contributed by atoms with Gasteiger partial charge in [0, 0.05) is 32.6 Å². The van der Waals surface area contributed by atoms with Gasteiger partial charge in [-0.3, -0.25) is 4.79 Å². The fraction of sp³-hybridized carbons (Fsp3) is 0.529. The van der Waals surface area contributed by atoms with Gasteiger partial charge in [0.05, 0.1) is 6.54 Å². The van der Waals surface area contributed by atoms with Gasteiger partial charge >= 0.3 is 0 Å². The Balaban J connectivity index is 0.00000264. The molecule has 2 rings (SSSR count). The summed E-state index contributed by atoms with van der Waals surface area (Å²) in [7, 11) is 0. The van der Waals surface area contributed by atoms with Crippen molar-refractivity contribution >= 4 is 35.8 Å². The third-order valence-corrected chi connectivity index (χ3v) is 3.75. The van der Waals surface area contributed by atoms with Crippen molar-refractivity contribution in [2.24, 2.45) is 4.99 Å². The predicted octanol–water partition coefficient (Wildman–Crippen LogP) is 2.50. The van der Waals surface area contributed by atoms with Crippen molar-refractivity contribution in [3.05, 3.63) is 35.4 Å². The summed E-state index contributed by atoms with van der Waals surface area (Å²) in [5.74, 6) is 1.09. The van der Waals surface area contributed by atoms with Crippen LogP contribution in [0.25, 0.3) is 0 Å². The zero-order valence-corrected chi connectivity index (χ0v) is 16.3. The maximum Gasteiger partial charge on any atom is 0.222 e. The summed E-state index contributed by atoms with van der Waals surface area (Å²) in [6.07, 6.45) is 1.66. The largest absolute Gasteiger partial charge is 0.357 e. The maximum absolute atomic E-state index is 11.8. The van der Waals surface area contributed by atoms with E-state index in [1.54, 1.807) is 0 Å². The maximum atomic E-state index is 11.8. The Morgan fingerprint density at radius 3 is 2.39 bits per heavy atom. The highest BCUT2D eigenvalue weighted by molar-refractivity contribution is 14.0. The van der Waals surface area contributed by atoms with Crippen molar-refractivity contribution in [3.63, 3.8) is 0 Å². The van der Waals surface area contributed by atoms with Gasteiger partial charge in [0.2, 0.25) is 5.91 Å². The molecule has 0 radical (unpaired) electrons. The van der Waals surface area contributed by atoms with Crippen LogP contribution in [0.4, 0.5) is 0 Å². The lowest BCUT2D eigenvalue weighted by Gasteiger charge is -2.18. The standard InChI is InChI=1S/C17H26N4O.HI/c1-3-18-17(19-4-2)20-12-14-8-5-6-9-15(14)13-21-11-7-10-16(21)22;/h5-6,8-9H,3-4,7,10-13H2,1-2H3,(H2,18,19,20);1H. The number of aliphatic imine (C=N–C) groups is 1. The number of amides is 1.